The number of halogens is 2. The van der Waals surface area contributed by atoms with Gasteiger partial charge in [-0.2, -0.15) is 13.9 Å². The number of anilines is 2. The van der Waals surface area contributed by atoms with Crippen LogP contribution in [0.25, 0.3) is 5.69 Å². The molecule has 10 heteroatoms. The Morgan fingerprint density at radius 2 is 2.00 bits per heavy atom. The van der Waals surface area contributed by atoms with Crippen LogP contribution in [0.2, 0.25) is 0 Å². The molecular weight excluding hydrogens is 406 g/mol. The lowest BCUT2D eigenvalue weighted by Crippen LogP contribution is -2.32. The lowest BCUT2D eigenvalue weighted by atomic mass is 9.98. The van der Waals surface area contributed by atoms with Crippen LogP contribution < -0.4 is 16.3 Å². The minimum atomic E-state index is -1.92. The highest BCUT2D eigenvalue weighted by molar-refractivity contribution is 6.03. The molecule has 0 aliphatic carbocycles. The molecule has 0 spiro atoms. The van der Waals surface area contributed by atoms with Crippen molar-refractivity contribution in [2.24, 2.45) is 5.73 Å². The molecule has 1 aromatic carbocycles. The van der Waals surface area contributed by atoms with E-state index >= 15 is 0 Å². The number of nitrogens with zero attached hydrogens (tertiary/aromatic N) is 5. The molecule has 3 aromatic rings. The van der Waals surface area contributed by atoms with Gasteiger partial charge in [0, 0.05) is 30.8 Å². The van der Waals surface area contributed by atoms with Crippen molar-refractivity contribution in [3.05, 3.63) is 76.1 Å². The fourth-order valence-corrected chi connectivity index (χ4v) is 3.65. The predicted octanol–water partition coefficient (Wildman–Crippen LogP) is 2.46. The van der Waals surface area contributed by atoms with E-state index in [9.17, 15) is 18.4 Å². The van der Waals surface area contributed by atoms with E-state index in [2.05, 4.69) is 10.1 Å². The summed E-state index contributed by atoms with van der Waals surface area (Å²) in [5, 5.41) is 3.91. The Balaban J connectivity index is 1.74. The van der Waals surface area contributed by atoms with Gasteiger partial charge in [-0.25, -0.2) is 19.0 Å². The van der Waals surface area contributed by atoms with Gasteiger partial charge in [0.2, 0.25) is 5.91 Å². The molecule has 1 amide bonds. The zero-order valence-corrected chi connectivity index (χ0v) is 16.8. The molecule has 0 saturated carbocycles. The third kappa shape index (κ3) is 3.77. The molecule has 0 atom stereocenters. The maximum atomic E-state index is 12.9. The summed E-state index contributed by atoms with van der Waals surface area (Å²) in [6.07, 6.45) is 1.81. The van der Waals surface area contributed by atoms with Crippen molar-refractivity contribution in [1.82, 2.24) is 19.3 Å². The minimum absolute atomic E-state index is 0.0920. The van der Waals surface area contributed by atoms with Gasteiger partial charge >= 0.3 is 5.69 Å². The van der Waals surface area contributed by atoms with Crippen LogP contribution in [0.15, 0.2) is 59.3 Å². The number of rotatable bonds is 5. The normalized spacial score (nSPS) is 13.3. The third-order valence-electron chi connectivity index (χ3n) is 5.23. The molecule has 8 nitrogen and oxygen atoms in total. The zero-order chi connectivity index (χ0) is 22.1. The number of pyridine rings is 1. The number of aryl methyl sites for hydroxylation is 2. The Hall–Kier alpha value is -3.66. The molecule has 31 heavy (non-hydrogen) atoms. The van der Waals surface area contributed by atoms with E-state index in [1.165, 1.54) is 17.1 Å². The molecule has 0 bridgehead atoms. The summed E-state index contributed by atoms with van der Waals surface area (Å²) in [4.78, 5) is 31.4. The van der Waals surface area contributed by atoms with E-state index < -0.39 is 18.3 Å². The van der Waals surface area contributed by atoms with E-state index in [0.717, 1.165) is 21.5 Å². The van der Waals surface area contributed by atoms with E-state index in [-0.39, 0.29) is 18.0 Å². The van der Waals surface area contributed by atoms with Crippen molar-refractivity contribution in [2.75, 3.05) is 11.4 Å². The SMILES string of the molecule is Cc1cccc2c1N(c1cc(-n3cnn(CC(CN)=C(F)F)c3=O)ccn1)C(=O)CC2. The summed E-state index contributed by atoms with van der Waals surface area (Å²) in [5.74, 6) is 0.278. The largest absolute Gasteiger partial charge is 0.350 e. The summed E-state index contributed by atoms with van der Waals surface area (Å²) in [7, 11) is 0. The first-order valence-corrected chi connectivity index (χ1v) is 9.66. The van der Waals surface area contributed by atoms with Crippen molar-refractivity contribution < 1.29 is 13.6 Å². The number of hydrogen-bond donors (Lipinski definition) is 1. The van der Waals surface area contributed by atoms with Gasteiger partial charge in [-0.1, -0.05) is 18.2 Å². The van der Waals surface area contributed by atoms with Crippen LogP contribution >= 0.6 is 0 Å². The molecule has 160 valence electrons. The topological polar surface area (TPSA) is 99.0 Å². The summed E-state index contributed by atoms with van der Waals surface area (Å²) in [6.45, 7) is 1.14. The van der Waals surface area contributed by atoms with Gasteiger partial charge < -0.3 is 5.73 Å². The van der Waals surface area contributed by atoms with Crippen LogP contribution in [0, 0.1) is 6.92 Å². The fourth-order valence-electron chi connectivity index (χ4n) is 3.65. The van der Waals surface area contributed by atoms with Crippen molar-refractivity contribution in [3.63, 3.8) is 0 Å². The highest BCUT2D eigenvalue weighted by Crippen LogP contribution is 2.36. The molecule has 0 radical (unpaired) electrons. The molecule has 1 aliphatic heterocycles. The van der Waals surface area contributed by atoms with Gasteiger partial charge in [0.25, 0.3) is 6.08 Å². The van der Waals surface area contributed by atoms with Gasteiger partial charge in [0.1, 0.15) is 12.1 Å². The Morgan fingerprint density at radius 3 is 2.74 bits per heavy atom. The average molecular weight is 426 g/mol. The second-order valence-corrected chi connectivity index (χ2v) is 7.19. The van der Waals surface area contributed by atoms with E-state index in [4.69, 9.17) is 5.73 Å². The van der Waals surface area contributed by atoms with Crippen molar-refractivity contribution in [3.8, 4) is 5.69 Å². The third-order valence-corrected chi connectivity index (χ3v) is 5.23. The summed E-state index contributed by atoms with van der Waals surface area (Å²) in [6, 6.07) is 9.04. The lowest BCUT2D eigenvalue weighted by Gasteiger charge is -2.30. The van der Waals surface area contributed by atoms with Crippen LogP contribution in [0.1, 0.15) is 17.5 Å². The predicted molar refractivity (Wildman–Crippen MR) is 111 cm³/mol. The van der Waals surface area contributed by atoms with Gasteiger partial charge in [0.05, 0.1) is 17.9 Å². The molecule has 2 aromatic heterocycles. The van der Waals surface area contributed by atoms with Gasteiger partial charge in [-0.15, -0.1) is 0 Å². The Kier molecular flexibility index (Phi) is 5.47. The lowest BCUT2D eigenvalue weighted by molar-refractivity contribution is -0.118. The first-order valence-electron chi connectivity index (χ1n) is 9.66. The standard InChI is InChI=1S/C21H20F2N6O2/c1-13-3-2-4-14-5-6-18(30)29(19(13)14)17-9-16(7-8-25-17)27-12-26-28(21(27)31)11-15(10-24)20(22)23/h2-4,7-9,12H,5-6,10-11,24H2,1H3. The van der Waals surface area contributed by atoms with Gasteiger partial charge in [-0.3, -0.25) is 9.69 Å². The second kappa shape index (κ2) is 8.23. The maximum Gasteiger partial charge on any atom is 0.350 e. The van der Waals surface area contributed by atoms with Crippen LogP contribution in [-0.4, -0.2) is 31.8 Å². The molecule has 3 heterocycles. The number of amides is 1. The number of nitrogens with two attached hydrogens (primary N) is 1. The highest BCUT2D eigenvalue weighted by Gasteiger charge is 2.28. The molecule has 0 saturated heterocycles. The van der Waals surface area contributed by atoms with Crippen molar-refractivity contribution in [2.45, 2.75) is 26.3 Å². The first-order chi connectivity index (χ1) is 14.9. The summed E-state index contributed by atoms with van der Waals surface area (Å²) >= 11 is 0. The number of carbonyl (C=O) groups is 1. The van der Waals surface area contributed by atoms with Crippen molar-refractivity contribution in [1.29, 1.82) is 0 Å². The number of hydrogen-bond acceptors (Lipinski definition) is 5. The Morgan fingerprint density at radius 1 is 1.19 bits per heavy atom. The van der Waals surface area contributed by atoms with Crippen molar-refractivity contribution >= 4 is 17.4 Å². The molecule has 0 unspecified atom stereocenters. The fraction of sp³-hybridized carbons (Fsp3) is 0.238. The quantitative estimate of drug-likeness (QED) is 0.676. The van der Waals surface area contributed by atoms with E-state index in [1.807, 2.05) is 25.1 Å². The summed E-state index contributed by atoms with van der Waals surface area (Å²) in [5.41, 5.74) is 7.54. The van der Waals surface area contributed by atoms with Crippen LogP contribution in [0.5, 0.6) is 0 Å². The molecule has 2 N–H and O–H groups in total. The number of carbonyl (C=O) groups excluding carboxylic acids is 1. The Labute approximate surface area is 176 Å². The van der Waals surface area contributed by atoms with E-state index in [1.54, 1.807) is 17.0 Å². The second-order valence-electron chi connectivity index (χ2n) is 7.19. The Bertz CT molecular complexity index is 1240. The first kappa shape index (κ1) is 20.6. The van der Waals surface area contributed by atoms with Crippen LogP contribution in [-0.2, 0) is 17.8 Å². The number of benzene rings is 1. The summed E-state index contributed by atoms with van der Waals surface area (Å²) < 4.78 is 27.9. The van der Waals surface area contributed by atoms with Crippen LogP contribution in [0.3, 0.4) is 0 Å². The number of aromatic nitrogens is 4. The molecule has 0 fully saturated rings. The van der Waals surface area contributed by atoms with E-state index in [0.29, 0.717) is 24.3 Å². The molecule has 1 aliphatic rings. The number of para-hydroxylation sites is 1. The zero-order valence-electron chi connectivity index (χ0n) is 16.8. The molecule has 4 rings (SSSR count). The average Bonchev–Trinajstić information content (AvgIpc) is 3.12. The monoisotopic (exact) mass is 426 g/mol. The molecular formula is C21H20F2N6O2. The number of fused-ring (bicyclic) bond motifs is 1. The van der Waals surface area contributed by atoms with Crippen LogP contribution in [0.4, 0.5) is 20.3 Å². The maximum absolute atomic E-state index is 12.9. The van der Waals surface area contributed by atoms with Gasteiger partial charge in [0.15, 0.2) is 0 Å². The highest BCUT2D eigenvalue weighted by atomic mass is 19.3. The van der Waals surface area contributed by atoms with Gasteiger partial charge in [-0.05, 0) is 30.5 Å². The smallest absolute Gasteiger partial charge is 0.327 e. The minimum Gasteiger partial charge on any atom is -0.327 e.